The van der Waals surface area contributed by atoms with Crippen LogP contribution in [0.4, 0.5) is 0 Å². The highest BCUT2D eigenvalue weighted by Crippen LogP contribution is 2.27. The summed E-state index contributed by atoms with van der Waals surface area (Å²) in [7, 11) is 0. The summed E-state index contributed by atoms with van der Waals surface area (Å²) in [6.07, 6.45) is 7.60. The highest BCUT2D eigenvalue weighted by molar-refractivity contribution is 6.31. The van der Waals surface area contributed by atoms with Crippen molar-refractivity contribution in [1.82, 2.24) is 5.32 Å². The smallest absolute Gasteiger partial charge is 0.0575 e. The molecular formula is C18H28ClNO. The molecule has 1 fully saturated rings. The van der Waals surface area contributed by atoms with Crippen molar-refractivity contribution in [3.63, 3.8) is 0 Å². The summed E-state index contributed by atoms with van der Waals surface area (Å²) in [6, 6.07) is 6.83. The molecule has 1 aliphatic rings. The molecule has 0 radical (unpaired) electrons. The highest BCUT2D eigenvalue weighted by atomic mass is 35.5. The molecule has 1 N–H and O–H groups in total. The van der Waals surface area contributed by atoms with E-state index >= 15 is 0 Å². The Bertz CT molecular complexity index is 429. The minimum Gasteiger partial charge on any atom is -0.378 e. The number of hydrogen-bond acceptors (Lipinski definition) is 2. The van der Waals surface area contributed by atoms with E-state index in [1.165, 1.54) is 24.8 Å². The van der Waals surface area contributed by atoms with Crippen molar-refractivity contribution >= 4 is 11.6 Å². The van der Waals surface area contributed by atoms with Crippen LogP contribution in [-0.2, 0) is 4.74 Å². The molecule has 0 bridgehead atoms. The zero-order chi connectivity index (χ0) is 15.1. The first-order valence-electron chi connectivity index (χ1n) is 8.31. The van der Waals surface area contributed by atoms with Crippen LogP contribution >= 0.6 is 11.6 Å². The van der Waals surface area contributed by atoms with E-state index in [1.54, 1.807) is 0 Å². The lowest BCUT2D eigenvalue weighted by atomic mass is 9.96. The van der Waals surface area contributed by atoms with Gasteiger partial charge in [-0.3, -0.25) is 0 Å². The number of rotatable bonds is 7. The van der Waals surface area contributed by atoms with Crippen molar-refractivity contribution in [1.29, 1.82) is 0 Å². The summed E-state index contributed by atoms with van der Waals surface area (Å²) in [6.45, 7) is 6.24. The van der Waals surface area contributed by atoms with Crippen LogP contribution in [0.25, 0.3) is 0 Å². The molecule has 0 aromatic heterocycles. The summed E-state index contributed by atoms with van der Waals surface area (Å²) in [5, 5.41) is 4.52. The molecule has 2 rings (SSSR count). The van der Waals surface area contributed by atoms with Crippen LogP contribution in [0.1, 0.15) is 62.6 Å². The van der Waals surface area contributed by atoms with Gasteiger partial charge >= 0.3 is 0 Å². The molecule has 0 amide bonds. The van der Waals surface area contributed by atoms with Crippen molar-refractivity contribution in [3.8, 4) is 0 Å². The van der Waals surface area contributed by atoms with Gasteiger partial charge in [0.25, 0.3) is 0 Å². The first-order chi connectivity index (χ1) is 10.2. The fourth-order valence-electron chi connectivity index (χ4n) is 2.92. The first kappa shape index (κ1) is 16.8. The van der Waals surface area contributed by atoms with Crippen LogP contribution in [0.15, 0.2) is 18.2 Å². The van der Waals surface area contributed by atoms with Gasteiger partial charge in [-0.05, 0) is 69.2 Å². The largest absolute Gasteiger partial charge is 0.378 e. The number of halogens is 1. The van der Waals surface area contributed by atoms with Gasteiger partial charge in [0.05, 0.1) is 6.10 Å². The highest BCUT2D eigenvalue weighted by Gasteiger charge is 2.18. The third-order valence-electron chi connectivity index (χ3n) is 4.29. The molecule has 0 spiro atoms. The third kappa shape index (κ3) is 5.28. The zero-order valence-electron chi connectivity index (χ0n) is 13.3. The van der Waals surface area contributed by atoms with Gasteiger partial charge in [0.2, 0.25) is 0 Å². The number of ether oxygens (including phenoxy) is 1. The summed E-state index contributed by atoms with van der Waals surface area (Å²) in [4.78, 5) is 0. The number of hydrogen-bond donors (Lipinski definition) is 1. The van der Waals surface area contributed by atoms with Crippen LogP contribution in [-0.4, -0.2) is 19.3 Å². The van der Waals surface area contributed by atoms with Gasteiger partial charge in [-0.1, -0.05) is 30.7 Å². The molecule has 2 nitrogen and oxygen atoms in total. The molecule has 21 heavy (non-hydrogen) atoms. The van der Waals surface area contributed by atoms with Gasteiger partial charge in [-0.25, -0.2) is 0 Å². The lowest BCUT2D eigenvalue weighted by Gasteiger charge is -2.26. The Morgan fingerprint density at radius 3 is 2.90 bits per heavy atom. The van der Waals surface area contributed by atoms with Crippen LogP contribution < -0.4 is 5.32 Å². The van der Waals surface area contributed by atoms with Crippen molar-refractivity contribution in [2.45, 2.75) is 64.5 Å². The summed E-state index contributed by atoms with van der Waals surface area (Å²) >= 11 is 6.29. The van der Waals surface area contributed by atoms with Gasteiger partial charge in [0.1, 0.15) is 0 Å². The predicted octanol–water partition coefficient (Wildman–Crippen LogP) is 5.04. The van der Waals surface area contributed by atoms with Crippen molar-refractivity contribution in [3.05, 3.63) is 34.3 Å². The Hall–Kier alpha value is -0.570. The van der Waals surface area contributed by atoms with Gasteiger partial charge in [-0.15, -0.1) is 0 Å². The van der Waals surface area contributed by atoms with E-state index in [-0.39, 0.29) is 0 Å². The van der Waals surface area contributed by atoms with Gasteiger partial charge in [0.15, 0.2) is 0 Å². The Morgan fingerprint density at radius 1 is 1.38 bits per heavy atom. The fraction of sp³-hybridized carbons (Fsp3) is 0.667. The molecule has 1 saturated heterocycles. The Balaban J connectivity index is 1.97. The monoisotopic (exact) mass is 309 g/mol. The summed E-state index contributed by atoms with van der Waals surface area (Å²) < 4.78 is 5.86. The topological polar surface area (TPSA) is 21.3 Å². The molecule has 1 heterocycles. The van der Waals surface area contributed by atoms with Gasteiger partial charge < -0.3 is 10.1 Å². The minimum atomic E-state index is 0.383. The van der Waals surface area contributed by atoms with Crippen molar-refractivity contribution in [2.75, 3.05) is 13.2 Å². The second-order valence-corrected chi connectivity index (χ2v) is 6.49. The average Bonchev–Trinajstić information content (AvgIpc) is 2.51. The number of nitrogens with one attached hydrogen (secondary N) is 1. The number of aryl methyl sites for hydroxylation is 1. The van der Waals surface area contributed by atoms with Crippen molar-refractivity contribution in [2.24, 2.45) is 0 Å². The Labute approximate surface area is 134 Å². The summed E-state index contributed by atoms with van der Waals surface area (Å²) in [5.41, 5.74) is 2.44. The van der Waals surface area contributed by atoms with Crippen LogP contribution in [0, 0.1) is 6.92 Å². The van der Waals surface area contributed by atoms with Crippen LogP contribution in [0.2, 0.25) is 5.02 Å². The van der Waals surface area contributed by atoms with E-state index in [9.17, 15) is 0 Å². The maximum Gasteiger partial charge on any atom is 0.0575 e. The van der Waals surface area contributed by atoms with Gasteiger partial charge in [-0.2, -0.15) is 0 Å². The first-order valence-corrected chi connectivity index (χ1v) is 8.69. The van der Waals surface area contributed by atoms with Crippen LogP contribution in [0.3, 0.4) is 0 Å². The SMILES string of the molecule is CCCNC(CCC1CCCCO1)c1ccc(C)c(Cl)c1. The second kappa shape index (κ2) is 8.77. The minimum absolute atomic E-state index is 0.383. The Morgan fingerprint density at radius 2 is 2.24 bits per heavy atom. The third-order valence-corrected chi connectivity index (χ3v) is 4.70. The molecule has 0 aliphatic carbocycles. The fourth-order valence-corrected chi connectivity index (χ4v) is 3.11. The van der Waals surface area contributed by atoms with E-state index in [0.29, 0.717) is 12.1 Å². The number of benzene rings is 1. The maximum absolute atomic E-state index is 6.29. The molecule has 0 saturated carbocycles. The molecule has 118 valence electrons. The lowest BCUT2D eigenvalue weighted by molar-refractivity contribution is 0.00854. The van der Waals surface area contributed by atoms with Gasteiger partial charge in [0, 0.05) is 17.7 Å². The van der Waals surface area contributed by atoms with Crippen molar-refractivity contribution < 1.29 is 4.74 Å². The quantitative estimate of drug-likeness (QED) is 0.762. The molecular weight excluding hydrogens is 282 g/mol. The normalized spacial score (nSPS) is 20.4. The average molecular weight is 310 g/mol. The van der Waals surface area contributed by atoms with E-state index in [1.807, 2.05) is 0 Å². The summed E-state index contributed by atoms with van der Waals surface area (Å²) in [5.74, 6) is 0. The van der Waals surface area contributed by atoms with E-state index in [4.69, 9.17) is 16.3 Å². The standard InChI is InChI=1S/C18H28ClNO/c1-3-11-20-18(10-9-16-6-4-5-12-21-16)15-8-7-14(2)17(19)13-15/h7-8,13,16,18,20H,3-6,9-12H2,1-2H3. The molecule has 1 aliphatic heterocycles. The molecule has 1 aromatic carbocycles. The molecule has 1 aromatic rings. The Kier molecular flexibility index (Phi) is 7.01. The van der Waals surface area contributed by atoms with E-state index in [0.717, 1.165) is 43.0 Å². The van der Waals surface area contributed by atoms with E-state index in [2.05, 4.69) is 37.4 Å². The van der Waals surface area contributed by atoms with Crippen LogP contribution in [0.5, 0.6) is 0 Å². The van der Waals surface area contributed by atoms with E-state index < -0.39 is 0 Å². The molecule has 2 unspecified atom stereocenters. The zero-order valence-corrected chi connectivity index (χ0v) is 14.1. The molecule has 2 atom stereocenters. The predicted molar refractivity (Wildman–Crippen MR) is 90.0 cm³/mol. The molecule has 3 heteroatoms. The second-order valence-electron chi connectivity index (χ2n) is 6.08. The lowest BCUT2D eigenvalue weighted by Crippen LogP contribution is -2.25. The maximum atomic E-state index is 6.29.